The first-order chi connectivity index (χ1) is 11.2. The van der Waals surface area contributed by atoms with Crippen molar-refractivity contribution in [3.8, 4) is 22.4 Å². The summed E-state index contributed by atoms with van der Waals surface area (Å²) in [5.74, 6) is 0. The van der Waals surface area contributed by atoms with Crippen LogP contribution in [0.25, 0.3) is 28.0 Å². The van der Waals surface area contributed by atoms with E-state index in [0.29, 0.717) is 5.02 Å². The Hall–Kier alpha value is -2.72. The summed E-state index contributed by atoms with van der Waals surface area (Å²) in [4.78, 5) is 8.77. The SMILES string of the molecule is Cc1ccc(Cl)cc1-c1ncccc1-c1ccc2ncnn2c1. The largest absolute Gasteiger partial charge is 0.256 e. The molecule has 0 spiro atoms. The highest BCUT2D eigenvalue weighted by molar-refractivity contribution is 6.30. The third-order valence-corrected chi connectivity index (χ3v) is 4.08. The minimum atomic E-state index is 0.703. The van der Waals surface area contributed by atoms with Gasteiger partial charge in [0.25, 0.3) is 0 Å². The van der Waals surface area contributed by atoms with Crippen molar-refractivity contribution >= 4 is 17.2 Å². The van der Waals surface area contributed by atoms with Gasteiger partial charge in [0, 0.05) is 34.1 Å². The van der Waals surface area contributed by atoms with Gasteiger partial charge in [-0.2, -0.15) is 5.10 Å². The quantitative estimate of drug-likeness (QED) is 0.549. The molecule has 3 aromatic heterocycles. The number of hydrogen-bond donors (Lipinski definition) is 0. The van der Waals surface area contributed by atoms with Crippen LogP contribution in [-0.2, 0) is 0 Å². The molecule has 0 N–H and O–H groups in total. The fourth-order valence-corrected chi connectivity index (χ4v) is 2.85. The van der Waals surface area contributed by atoms with E-state index < -0.39 is 0 Å². The van der Waals surface area contributed by atoms with Crippen LogP contribution in [0, 0.1) is 6.92 Å². The van der Waals surface area contributed by atoms with Gasteiger partial charge in [-0.1, -0.05) is 23.7 Å². The van der Waals surface area contributed by atoms with Crippen molar-refractivity contribution in [3.05, 3.63) is 71.8 Å². The highest BCUT2D eigenvalue weighted by Crippen LogP contribution is 2.33. The second kappa shape index (κ2) is 5.48. The first-order valence-electron chi connectivity index (χ1n) is 7.24. The van der Waals surface area contributed by atoms with Gasteiger partial charge in [0.15, 0.2) is 5.65 Å². The lowest BCUT2D eigenvalue weighted by molar-refractivity contribution is 0.962. The maximum Gasteiger partial charge on any atom is 0.155 e. The number of rotatable bonds is 2. The number of pyridine rings is 2. The van der Waals surface area contributed by atoms with Crippen LogP contribution in [0.5, 0.6) is 0 Å². The second-order valence-electron chi connectivity index (χ2n) is 5.34. The Morgan fingerprint density at radius 2 is 1.91 bits per heavy atom. The molecule has 0 aliphatic heterocycles. The van der Waals surface area contributed by atoms with E-state index >= 15 is 0 Å². The van der Waals surface area contributed by atoms with Crippen LogP contribution in [0.3, 0.4) is 0 Å². The fraction of sp³-hybridized carbons (Fsp3) is 0.0556. The first kappa shape index (κ1) is 13.9. The summed E-state index contributed by atoms with van der Waals surface area (Å²) in [6.07, 6.45) is 5.31. The number of nitrogens with zero attached hydrogens (tertiary/aromatic N) is 4. The van der Waals surface area contributed by atoms with E-state index in [9.17, 15) is 0 Å². The number of halogens is 1. The molecule has 0 aliphatic carbocycles. The third-order valence-electron chi connectivity index (χ3n) is 3.85. The lowest BCUT2D eigenvalue weighted by Crippen LogP contribution is -1.94. The van der Waals surface area contributed by atoms with Crippen LogP contribution >= 0.6 is 11.6 Å². The molecule has 0 aliphatic rings. The zero-order chi connectivity index (χ0) is 15.8. The molecule has 0 amide bonds. The Kier molecular flexibility index (Phi) is 3.32. The Bertz CT molecular complexity index is 1010. The van der Waals surface area contributed by atoms with Crippen LogP contribution in [0.2, 0.25) is 5.02 Å². The zero-order valence-electron chi connectivity index (χ0n) is 12.4. The lowest BCUT2D eigenvalue weighted by Gasteiger charge is -2.11. The van der Waals surface area contributed by atoms with Crippen molar-refractivity contribution in [1.29, 1.82) is 0 Å². The van der Waals surface area contributed by atoms with E-state index in [0.717, 1.165) is 33.6 Å². The number of benzene rings is 1. The lowest BCUT2D eigenvalue weighted by atomic mass is 9.97. The van der Waals surface area contributed by atoms with Crippen LogP contribution in [0.1, 0.15) is 5.56 Å². The van der Waals surface area contributed by atoms with Gasteiger partial charge in [-0.05, 0) is 42.8 Å². The molecule has 0 atom stereocenters. The molecule has 0 saturated carbocycles. The van der Waals surface area contributed by atoms with Crippen molar-refractivity contribution in [3.63, 3.8) is 0 Å². The Morgan fingerprint density at radius 3 is 2.83 bits per heavy atom. The molecule has 4 nitrogen and oxygen atoms in total. The summed E-state index contributed by atoms with van der Waals surface area (Å²) >= 11 is 6.18. The maximum atomic E-state index is 6.18. The predicted octanol–water partition coefficient (Wildman–Crippen LogP) is 4.42. The number of aryl methyl sites for hydroxylation is 1. The van der Waals surface area contributed by atoms with E-state index in [1.165, 1.54) is 0 Å². The minimum Gasteiger partial charge on any atom is -0.256 e. The monoisotopic (exact) mass is 320 g/mol. The molecule has 5 heteroatoms. The molecule has 0 fully saturated rings. The van der Waals surface area contributed by atoms with Crippen LogP contribution < -0.4 is 0 Å². The second-order valence-corrected chi connectivity index (χ2v) is 5.78. The normalized spacial score (nSPS) is 11.0. The number of fused-ring (bicyclic) bond motifs is 1. The summed E-state index contributed by atoms with van der Waals surface area (Å²) < 4.78 is 1.76. The number of hydrogen-bond acceptors (Lipinski definition) is 3. The molecule has 23 heavy (non-hydrogen) atoms. The summed E-state index contributed by atoms with van der Waals surface area (Å²) in [6.45, 7) is 2.06. The van der Waals surface area contributed by atoms with Gasteiger partial charge in [0.1, 0.15) is 6.33 Å². The standard InChI is InChI=1S/C18H13ClN4/c1-12-4-6-14(19)9-16(12)18-15(3-2-8-20-18)13-5-7-17-21-11-22-23(17)10-13/h2-11H,1H3. The average Bonchev–Trinajstić information content (AvgIpc) is 3.05. The third kappa shape index (κ3) is 2.47. The minimum absolute atomic E-state index is 0.703. The molecule has 3 heterocycles. The van der Waals surface area contributed by atoms with E-state index in [2.05, 4.69) is 28.1 Å². The molecule has 112 valence electrons. The Morgan fingerprint density at radius 1 is 1.00 bits per heavy atom. The number of aromatic nitrogens is 4. The van der Waals surface area contributed by atoms with Gasteiger partial charge < -0.3 is 0 Å². The van der Waals surface area contributed by atoms with Gasteiger partial charge in [0.2, 0.25) is 0 Å². The average molecular weight is 321 g/mol. The topological polar surface area (TPSA) is 43.1 Å². The molecule has 4 aromatic rings. The van der Waals surface area contributed by atoms with Crippen LogP contribution in [0.4, 0.5) is 0 Å². The van der Waals surface area contributed by atoms with Gasteiger partial charge in [-0.3, -0.25) is 4.98 Å². The van der Waals surface area contributed by atoms with Crippen molar-refractivity contribution < 1.29 is 0 Å². The molecule has 1 aromatic carbocycles. The smallest absolute Gasteiger partial charge is 0.155 e. The molecular formula is C18H13ClN4. The van der Waals surface area contributed by atoms with Gasteiger partial charge in [-0.25, -0.2) is 9.50 Å². The Balaban J connectivity index is 1.94. The van der Waals surface area contributed by atoms with Gasteiger partial charge in [0.05, 0.1) is 5.69 Å². The van der Waals surface area contributed by atoms with Crippen molar-refractivity contribution in [2.24, 2.45) is 0 Å². The first-order valence-corrected chi connectivity index (χ1v) is 7.61. The molecular weight excluding hydrogens is 308 g/mol. The summed E-state index contributed by atoms with van der Waals surface area (Å²) in [5.41, 5.74) is 5.97. The van der Waals surface area contributed by atoms with E-state index in [-0.39, 0.29) is 0 Å². The summed E-state index contributed by atoms with van der Waals surface area (Å²) in [7, 11) is 0. The van der Waals surface area contributed by atoms with Crippen molar-refractivity contribution in [2.45, 2.75) is 6.92 Å². The van der Waals surface area contributed by atoms with E-state index in [1.54, 1.807) is 17.0 Å². The highest BCUT2D eigenvalue weighted by Gasteiger charge is 2.12. The summed E-state index contributed by atoms with van der Waals surface area (Å²) in [5, 5.41) is 4.91. The van der Waals surface area contributed by atoms with E-state index in [1.807, 2.05) is 42.6 Å². The highest BCUT2D eigenvalue weighted by atomic mass is 35.5. The molecule has 0 radical (unpaired) electrons. The zero-order valence-corrected chi connectivity index (χ0v) is 13.2. The van der Waals surface area contributed by atoms with Crippen LogP contribution in [0.15, 0.2) is 61.2 Å². The molecule has 0 unspecified atom stereocenters. The van der Waals surface area contributed by atoms with E-state index in [4.69, 9.17) is 11.6 Å². The van der Waals surface area contributed by atoms with Crippen molar-refractivity contribution in [1.82, 2.24) is 19.6 Å². The van der Waals surface area contributed by atoms with Gasteiger partial charge in [-0.15, -0.1) is 0 Å². The van der Waals surface area contributed by atoms with Crippen molar-refractivity contribution in [2.75, 3.05) is 0 Å². The predicted molar refractivity (Wildman–Crippen MR) is 91.4 cm³/mol. The molecule has 0 bridgehead atoms. The maximum absolute atomic E-state index is 6.18. The van der Waals surface area contributed by atoms with Crippen LogP contribution in [-0.4, -0.2) is 19.6 Å². The fourth-order valence-electron chi connectivity index (χ4n) is 2.68. The molecule has 4 rings (SSSR count). The van der Waals surface area contributed by atoms with Gasteiger partial charge >= 0.3 is 0 Å². The Labute approximate surface area is 138 Å². The molecule has 0 saturated heterocycles. The summed E-state index contributed by atoms with van der Waals surface area (Å²) in [6, 6.07) is 13.8.